The lowest BCUT2D eigenvalue weighted by Gasteiger charge is -2.03. The van der Waals surface area contributed by atoms with Gasteiger partial charge in [-0.05, 0) is 17.7 Å². The van der Waals surface area contributed by atoms with Gasteiger partial charge in [0.05, 0.1) is 11.4 Å². The van der Waals surface area contributed by atoms with Crippen molar-refractivity contribution in [1.82, 2.24) is 9.97 Å². The quantitative estimate of drug-likeness (QED) is 0.400. The van der Waals surface area contributed by atoms with Crippen LogP contribution in [0.4, 0.5) is 0 Å². The van der Waals surface area contributed by atoms with Crippen LogP contribution in [0.5, 0.6) is 0 Å². The third kappa shape index (κ3) is 2.93. The van der Waals surface area contributed by atoms with Crippen molar-refractivity contribution in [3.05, 3.63) is 78.0 Å². The largest absolute Gasteiger partial charge is 0.339 e. The summed E-state index contributed by atoms with van der Waals surface area (Å²) in [5.41, 5.74) is 4.73. The Hall–Kier alpha value is -2.95. The van der Waals surface area contributed by atoms with Crippen LogP contribution in [0.2, 0.25) is 0 Å². The lowest BCUT2D eigenvalue weighted by Crippen LogP contribution is -1.91. The van der Waals surface area contributed by atoms with E-state index in [2.05, 4.69) is 28.1 Å². The van der Waals surface area contributed by atoms with Gasteiger partial charge in [-0.15, -0.1) is 0 Å². The first-order valence-electron chi connectivity index (χ1n) is 8.16. The summed E-state index contributed by atoms with van der Waals surface area (Å²) >= 11 is 0. The maximum absolute atomic E-state index is 8.94. The van der Waals surface area contributed by atoms with Gasteiger partial charge < -0.3 is 4.98 Å². The van der Waals surface area contributed by atoms with Gasteiger partial charge in [0.2, 0.25) is 0 Å². The summed E-state index contributed by atoms with van der Waals surface area (Å²) in [6, 6.07) is 22.5. The van der Waals surface area contributed by atoms with Crippen LogP contribution in [-0.2, 0) is 11.5 Å². The molecule has 25 heavy (non-hydrogen) atoms. The van der Waals surface area contributed by atoms with E-state index >= 15 is 0 Å². The van der Waals surface area contributed by atoms with Crippen LogP contribution in [0.1, 0.15) is 11.3 Å². The van der Waals surface area contributed by atoms with Gasteiger partial charge in [0.15, 0.2) is 0 Å². The smallest absolute Gasteiger partial charge is 0.138 e. The molecule has 4 aromatic rings. The zero-order chi connectivity index (χ0) is 17.2. The van der Waals surface area contributed by atoms with Gasteiger partial charge >= 0.3 is 0 Å². The molecule has 0 amide bonds. The highest BCUT2D eigenvalue weighted by molar-refractivity contribution is 5.95. The SMILES string of the molecule is Cc1ccc(-c2nc(-c3cccc4ccccc34)[nH]c2COO)cc1. The first kappa shape index (κ1) is 15.6. The van der Waals surface area contributed by atoms with E-state index in [-0.39, 0.29) is 6.61 Å². The average Bonchev–Trinajstić information content (AvgIpc) is 3.06. The second-order valence-corrected chi connectivity index (χ2v) is 6.08. The summed E-state index contributed by atoms with van der Waals surface area (Å²) in [7, 11) is 0. The topological polar surface area (TPSA) is 58.1 Å². The number of hydrogen-bond donors (Lipinski definition) is 2. The van der Waals surface area contributed by atoms with Crippen LogP contribution in [-0.4, -0.2) is 15.2 Å². The molecule has 1 aromatic heterocycles. The number of hydrogen-bond acceptors (Lipinski definition) is 3. The molecule has 0 bridgehead atoms. The highest BCUT2D eigenvalue weighted by atomic mass is 17.1. The highest BCUT2D eigenvalue weighted by Crippen LogP contribution is 2.31. The predicted molar refractivity (Wildman–Crippen MR) is 99.1 cm³/mol. The second kappa shape index (κ2) is 6.51. The lowest BCUT2D eigenvalue weighted by molar-refractivity contribution is -0.253. The molecule has 0 fully saturated rings. The maximum Gasteiger partial charge on any atom is 0.138 e. The summed E-state index contributed by atoms with van der Waals surface area (Å²) in [4.78, 5) is 12.5. The first-order chi connectivity index (χ1) is 12.3. The minimum atomic E-state index is 0.0565. The zero-order valence-corrected chi connectivity index (χ0v) is 13.9. The fraction of sp³-hybridized carbons (Fsp3) is 0.0952. The normalized spacial score (nSPS) is 11.1. The number of nitrogens with one attached hydrogen (secondary N) is 1. The molecule has 0 aliphatic carbocycles. The zero-order valence-electron chi connectivity index (χ0n) is 13.9. The molecule has 1 heterocycles. The van der Waals surface area contributed by atoms with Crippen LogP contribution < -0.4 is 0 Å². The van der Waals surface area contributed by atoms with Crippen LogP contribution in [0.25, 0.3) is 33.4 Å². The van der Waals surface area contributed by atoms with Gasteiger partial charge in [0.1, 0.15) is 12.4 Å². The van der Waals surface area contributed by atoms with Crippen molar-refractivity contribution in [3.63, 3.8) is 0 Å². The monoisotopic (exact) mass is 330 g/mol. The van der Waals surface area contributed by atoms with Crippen molar-refractivity contribution in [2.24, 2.45) is 0 Å². The van der Waals surface area contributed by atoms with E-state index in [4.69, 9.17) is 10.2 Å². The molecular weight excluding hydrogens is 312 g/mol. The van der Waals surface area contributed by atoms with E-state index in [1.165, 1.54) is 5.56 Å². The van der Waals surface area contributed by atoms with E-state index in [0.717, 1.165) is 39.1 Å². The van der Waals surface area contributed by atoms with Gasteiger partial charge in [-0.25, -0.2) is 9.87 Å². The van der Waals surface area contributed by atoms with Crippen molar-refractivity contribution in [2.75, 3.05) is 0 Å². The average molecular weight is 330 g/mol. The van der Waals surface area contributed by atoms with Gasteiger partial charge in [-0.3, -0.25) is 5.26 Å². The fourth-order valence-corrected chi connectivity index (χ4v) is 3.09. The molecule has 0 saturated carbocycles. The first-order valence-corrected chi connectivity index (χ1v) is 8.16. The molecule has 0 atom stereocenters. The van der Waals surface area contributed by atoms with Crippen molar-refractivity contribution in [2.45, 2.75) is 13.5 Å². The number of aryl methyl sites for hydroxylation is 1. The van der Waals surface area contributed by atoms with Crippen LogP contribution >= 0.6 is 0 Å². The molecule has 0 aliphatic rings. The van der Waals surface area contributed by atoms with Gasteiger partial charge in [-0.2, -0.15) is 0 Å². The molecule has 0 aliphatic heterocycles. The van der Waals surface area contributed by atoms with Gasteiger partial charge in [-0.1, -0.05) is 72.3 Å². The predicted octanol–water partition coefficient (Wildman–Crippen LogP) is 5.19. The Morgan fingerprint density at radius 3 is 2.52 bits per heavy atom. The minimum Gasteiger partial charge on any atom is -0.339 e. The Labute approximate surface area is 145 Å². The number of aromatic amines is 1. The Morgan fingerprint density at radius 2 is 1.72 bits per heavy atom. The summed E-state index contributed by atoms with van der Waals surface area (Å²) in [5, 5.41) is 11.2. The highest BCUT2D eigenvalue weighted by Gasteiger charge is 2.15. The molecule has 0 radical (unpaired) electrons. The van der Waals surface area contributed by atoms with Crippen LogP contribution in [0.15, 0.2) is 66.7 Å². The molecule has 0 unspecified atom stereocenters. The number of nitrogens with zero attached hydrogens (tertiary/aromatic N) is 1. The summed E-state index contributed by atoms with van der Waals surface area (Å²) in [5.74, 6) is 0.763. The van der Waals surface area contributed by atoms with E-state index in [1.807, 2.05) is 55.5 Å². The van der Waals surface area contributed by atoms with Crippen molar-refractivity contribution in [3.8, 4) is 22.6 Å². The van der Waals surface area contributed by atoms with E-state index < -0.39 is 0 Å². The number of aromatic nitrogens is 2. The Bertz CT molecular complexity index is 1010. The van der Waals surface area contributed by atoms with E-state index in [0.29, 0.717) is 0 Å². The third-order valence-corrected chi connectivity index (χ3v) is 4.36. The Kier molecular flexibility index (Phi) is 4.06. The molecule has 3 aromatic carbocycles. The standard InChI is InChI=1S/C21H18N2O2/c1-14-9-11-16(12-10-14)20-19(13-25-24)22-21(23-20)18-8-4-6-15-5-2-3-7-17(15)18/h2-12,24H,13H2,1H3,(H,22,23). The van der Waals surface area contributed by atoms with Crippen LogP contribution in [0, 0.1) is 6.92 Å². The van der Waals surface area contributed by atoms with Crippen molar-refractivity contribution >= 4 is 10.8 Å². The molecular formula is C21H18N2O2. The molecule has 0 saturated heterocycles. The number of rotatable bonds is 4. The maximum atomic E-state index is 8.94. The molecule has 4 rings (SSSR count). The van der Waals surface area contributed by atoms with Crippen molar-refractivity contribution in [1.29, 1.82) is 0 Å². The minimum absolute atomic E-state index is 0.0565. The number of H-pyrrole nitrogens is 1. The number of imidazole rings is 1. The molecule has 4 heteroatoms. The van der Waals surface area contributed by atoms with Gasteiger partial charge in [0.25, 0.3) is 0 Å². The fourth-order valence-electron chi connectivity index (χ4n) is 3.09. The second-order valence-electron chi connectivity index (χ2n) is 6.08. The van der Waals surface area contributed by atoms with Crippen molar-refractivity contribution < 1.29 is 10.1 Å². The van der Waals surface area contributed by atoms with E-state index in [9.17, 15) is 0 Å². The van der Waals surface area contributed by atoms with Crippen LogP contribution in [0.3, 0.4) is 0 Å². The number of fused-ring (bicyclic) bond motifs is 1. The van der Waals surface area contributed by atoms with Gasteiger partial charge in [0, 0.05) is 11.1 Å². The molecule has 4 nitrogen and oxygen atoms in total. The number of benzene rings is 3. The van der Waals surface area contributed by atoms with E-state index in [1.54, 1.807) is 0 Å². The summed E-state index contributed by atoms with van der Waals surface area (Å²) in [6.45, 7) is 2.11. The summed E-state index contributed by atoms with van der Waals surface area (Å²) < 4.78 is 0. The summed E-state index contributed by atoms with van der Waals surface area (Å²) in [6.07, 6.45) is 0. The lowest BCUT2D eigenvalue weighted by atomic mass is 10.0. The molecule has 0 spiro atoms. The molecule has 124 valence electrons. The molecule has 2 N–H and O–H groups in total. The Morgan fingerprint density at radius 1 is 0.960 bits per heavy atom. The third-order valence-electron chi connectivity index (χ3n) is 4.36. The Balaban J connectivity index is 1.88.